The van der Waals surface area contributed by atoms with Gasteiger partial charge in [-0.2, -0.15) is 0 Å². The summed E-state index contributed by atoms with van der Waals surface area (Å²) in [6.07, 6.45) is 80.0. The number of hydrogen-bond donors (Lipinski definition) is 0. The van der Waals surface area contributed by atoms with Crippen LogP contribution in [0.3, 0.4) is 0 Å². The Morgan fingerprint density at radius 3 is 0.944 bits per heavy atom. The summed E-state index contributed by atoms with van der Waals surface area (Å²) in [5.74, 6) is -0.386. The molecular weight excluding hydrogens is 885 g/mol. The third-order valence-electron chi connectivity index (χ3n) is 14.3. The van der Waals surface area contributed by atoms with E-state index in [1.54, 1.807) is 0 Å². The van der Waals surface area contributed by atoms with E-state index in [0.29, 0.717) is 26.1 Å². The molecule has 0 rings (SSSR count). The molecule has 0 spiro atoms. The zero-order chi connectivity index (χ0) is 52.0. The summed E-state index contributed by atoms with van der Waals surface area (Å²) < 4.78 is 17.6. The van der Waals surface area contributed by atoms with Gasteiger partial charge in [0.15, 0.2) is 6.10 Å². The Labute approximate surface area is 450 Å². The largest absolute Gasteiger partial charge is 0.462 e. The first-order chi connectivity index (χ1) is 35.6. The number of rotatable bonds is 60. The Bertz CT molecular complexity index is 1190. The average Bonchev–Trinajstić information content (AvgIpc) is 3.38. The summed E-state index contributed by atoms with van der Waals surface area (Å²) in [7, 11) is 0. The summed E-state index contributed by atoms with van der Waals surface area (Å²) in [4.78, 5) is 25.6. The van der Waals surface area contributed by atoms with Gasteiger partial charge in [0, 0.05) is 19.4 Å². The molecule has 0 aliphatic carbocycles. The van der Waals surface area contributed by atoms with Crippen LogP contribution in [0.25, 0.3) is 0 Å². The Morgan fingerprint density at radius 2 is 0.583 bits per heavy atom. The molecule has 0 aromatic heterocycles. The molecule has 0 radical (unpaired) electrons. The fourth-order valence-electron chi connectivity index (χ4n) is 9.52. The summed E-state index contributed by atoms with van der Waals surface area (Å²) in [6.45, 7) is 7.84. The molecule has 0 aromatic rings. The molecule has 0 aliphatic heterocycles. The Morgan fingerprint density at radius 1 is 0.306 bits per heavy atom. The first kappa shape index (κ1) is 69.9. The second-order valence-corrected chi connectivity index (χ2v) is 21.7. The minimum absolute atomic E-state index is 0.0858. The highest BCUT2D eigenvalue weighted by Crippen LogP contribution is 2.17. The van der Waals surface area contributed by atoms with Crippen molar-refractivity contribution in [2.24, 2.45) is 0 Å². The molecule has 0 fully saturated rings. The number of hydrogen-bond acceptors (Lipinski definition) is 5. The minimum Gasteiger partial charge on any atom is -0.462 e. The van der Waals surface area contributed by atoms with E-state index in [2.05, 4.69) is 69.4 Å². The molecule has 0 saturated heterocycles. The molecule has 1 unspecified atom stereocenters. The van der Waals surface area contributed by atoms with Crippen LogP contribution in [0.15, 0.2) is 48.6 Å². The molecule has 0 heterocycles. The van der Waals surface area contributed by atoms with E-state index in [4.69, 9.17) is 14.2 Å². The van der Waals surface area contributed by atoms with Crippen LogP contribution in [0.4, 0.5) is 0 Å². The highest BCUT2D eigenvalue weighted by Gasteiger charge is 2.18. The van der Waals surface area contributed by atoms with Crippen LogP contribution in [0.2, 0.25) is 0 Å². The van der Waals surface area contributed by atoms with Gasteiger partial charge < -0.3 is 14.2 Å². The van der Waals surface area contributed by atoms with Crippen molar-refractivity contribution in [1.82, 2.24) is 0 Å². The molecule has 0 N–H and O–H groups in total. The molecule has 0 aromatic carbocycles. The highest BCUT2D eigenvalue weighted by molar-refractivity contribution is 5.70. The number of esters is 2. The van der Waals surface area contributed by atoms with Crippen molar-refractivity contribution in [3.05, 3.63) is 48.6 Å². The molecule has 72 heavy (non-hydrogen) atoms. The summed E-state index contributed by atoms with van der Waals surface area (Å²) in [5.41, 5.74) is 0. The second-order valence-electron chi connectivity index (χ2n) is 21.7. The zero-order valence-corrected chi connectivity index (χ0v) is 48.7. The van der Waals surface area contributed by atoms with Crippen molar-refractivity contribution in [3.8, 4) is 0 Å². The maximum Gasteiger partial charge on any atom is 0.306 e. The van der Waals surface area contributed by atoms with Gasteiger partial charge in [-0.1, -0.05) is 294 Å². The highest BCUT2D eigenvalue weighted by atomic mass is 16.6. The number of unbranched alkanes of at least 4 members (excludes halogenated alkanes) is 41. The number of carbonyl (C=O) groups excluding carboxylic acids is 2. The summed E-state index contributed by atoms with van der Waals surface area (Å²) in [5, 5.41) is 0. The summed E-state index contributed by atoms with van der Waals surface area (Å²) in [6, 6.07) is 0. The van der Waals surface area contributed by atoms with Gasteiger partial charge in [0.1, 0.15) is 6.61 Å². The first-order valence-electron chi connectivity index (χ1n) is 32.2. The van der Waals surface area contributed by atoms with E-state index in [0.717, 1.165) is 44.9 Å². The SMILES string of the molecule is CCCCC/C=C\C/C=C\CCCCCCCCCCCC(=O)OCC(COCCCCCCCCCCCCCCCCCCCC)OC(=O)CCCCCCCCCCC/C=C\C/C=C\CCCCC. The van der Waals surface area contributed by atoms with E-state index in [9.17, 15) is 9.59 Å². The molecule has 0 aliphatic rings. The average molecular weight is 1010 g/mol. The molecule has 422 valence electrons. The van der Waals surface area contributed by atoms with Gasteiger partial charge in [-0.05, 0) is 83.5 Å². The standard InChI is InChI=1S/C67H124O5/c1-4-7-10-13-16-19-22-25-28-31-34-36-39-42-45-48-51-54-57-60-66(68)71-64-65(63-70-62-59-56-53-50-47-44-41-38-33-30-27-24-21-18-15-12-9-6-3)72-67(69)61-58-55-52-49-46-43-40-37-35-32-29-26-23-20-17-14-11-8-5-2/h16-17,19-20,25-26,28-29,65H,4-15,18,21-24,27,30-64H2,1-3H3/b19-16-,20-17-,28-25-,29-26-. The first-order valence-corrected chi connectivity index (χ1v) is 32.2. The predicted octanol–water partition coefficient (Wildman–Crippen LogP) is 22.2. The molecule has 0 bridgehead atoms. The minimum atomic E-state index is -0.539. The van der Waals surface area contributed by atoms with E-state index >= 15 is 0 Å². The van der Waals surface area contributed by atoms with Crippen LogP contribution in [0.5, 0.6) is 0 Å². The molecular formula is C67H124O5. The lowest BCUT2D eigenvalue weighted by Gasteiger charge is -2.18. The zero-order valence-electron chi connectivity index (χ0n) is 48.7. The number of ether oxygens (including phenoxy) is 3. The molecule has 1 atom stereocenters. The second kappa shape index (κ2) is 63.2. The quantitative estimate of drug-likeness (QED) is 0.0345. The Hall–Kier alpha value is -2.14. The van der Waals surface area contributed by atoms with E-state index in [1.165, 1.54) is 263 Å². The third kappa shape index (κ3) is 60.4. The van der Waals surface area contributed by atoms with Gasteiger partial charge in [-0.25, -0.2) is 0 Å². The smallest absolute Gasteiger partial charge is 0.306 e. The predicted molar refractivity (Wildman–Crippen MR) is 316 cm³/mol. The molecule has 5 nitrogen and oxygen atoms in total. The van der Waals surface area contributed by atoms with Gasteiger partial charge in [-0.3, -0.25) is 9.59 Å². The Kier molecular flexibility index (Phi) is 61.3. The van der Waals surface area contributed by atoms with Crippen LogP contribution in [-0.4, -0.2) is 37.9 Å². The maximum atomic E-state index is 12.9. The number of allylic oxidation sites excluding steroid dienone is 8. The topological polar surface area (TPSA) is 61.8 Å². The van der Waals surface area contributed by atoms with Gasteiger partial charge >= 0.3 is 11.9 Å². The van der Waals surface area contributed by atoms with Gasteiger partial charge in [0.05, 0.1) is 6.61 Å². The van der Waals surface area contributed by atoms with Gasteiger partial charge in [0.25, 0.3) is 0 Å². The maximum absolute atomic E-state index is 12.9. The fourth-order valence-corrected chi connectivity index (χ4v) is 9.52. The van der Waals surface area contributed by atoms with Crippen LogP contribution in [0.1, 0.15) is 342 Å². The van der Waals surface area contributed by atoms with Crippen molar-refractivity contribution >= 4 is 11.9 Å². The van der Waals surface area contributed by atoms with Crippen molar-refractivity contribution in [1.29, 1.82) is 0 Å². The lowest BCUT2D eigenvalue weighted by atomic mass is 10.0. The monoisotopic (exact) mass is 1010 g/mol. The third-order valence-corrected chi connectivity index (χ3v) is 14.3. The molecule has 0 saturated carbocycles. The van der Waals surface area contributed by atoms with Gasteiger partial charge in [-0.15, -0.1) is 0 Å². The van der Waals surface area contributed by atoms with Crippen LogP contribution < -0.4 is 0 Å². The van der Waals surface area contributed by atoms with Crippen LogP contribution >= 0.6 is 0 Å². The molecule has 0 amide bonds. The van der Waals surface area contributed by atoms with Crippen molar-refractivity contribution in [2.45, 2.75) is 348 Å². The Balaban J connectivity index is 4.25. The van der Waals surface area contributed by atoms with Gasteiger partial charge in [0.2, 0.25) is 0 Å². The summed E-state index contributed by atoms with van der Waals surface area (Å²) >= 11 is 0. The van der Waals surface area contributed by atoms with E-state index in [1.807, 2.05) is 0 Å². The van der Waals surface area contributed by atoms with Crippen molar-refractivity contribution < 1.29 is 23.8 Å². The van der Waals surface area contributed by atoms with Crippen LogP contribution in [0, 0.1) is 0 Å². The lowest BCUT2D eigenvalue weighted by Crippen LogP contribution is -2.30. The number of carbonyl (C=O) groups is 2. The lowest BCUT2D eigenvalue weighted by molar-refractivity contribution is -0.163. The van der Waals surface area contributed by atoms with Crippen molar-refractivity contribution in [3.63, 3.8) is 0 Å². The fraction of sp³-hybridized carbons (Fsp3) is 0.851. The normalized spacial score (nSPS) is 12.4. The van der Waals surface area contributed by atoms with E-state index < -0.39 is 6.10 Å². The van der Waals surface area contributed by atoms with Crippen LogP contribution in [-0.2, 0) is 23.8 Å². The molecule has 5 heteroatoms. The van der Waals surface area contributed by atoms with Crippen molar-refractivity contribution in [2.75, 3.05) is 19.8 Å². The van der Waals surface area contributed by atoms with E-state index in [-0.39, 0.29) is 18.5 Å².